The third-order valence-electron chi connectivity index (χ3n) is 2.62. The molecular formula is C13H17BrF3NO. The maximum atomic E-state index is 12.0. The molecule has 0 aliphatic heterocycles. The highest BCUT2D eigenvalue weighted by Gasteiger charge is 2.30. The van der Waals surface area contributed by atoms with Crippen molar-refractivity contribution in [3.05, 3.63) is 29.8 Å². The molecule has 108 valence electrons. The van der Waals surface area contributed by atoms with Crippen molar-refractivity contribution in [3.63, 3.8) is 0 Å². The summed E-state index contributed by atoms with van der Waals surface area (Å²) in [6.45, 7) is 4.67. The molecule has 1 rings (SSSR count). The predicted molar refractivity (Wildman–Crippen MR) is 72.5 cm³/mol. The molecule has 0 aliphatic carbocycles. The molecule has 1 aromatic carbocycles. The van der Waals surface area contributed by atoms with E-state index in [1.54, 1.807) is 12.1 Å². The van der Waals surface area contributed by atoms with Crippen LogP contribution in [0.4, 0.5) is 13.2 Å². The minimum atomic E-state index is -4.63. The Morgan fingerprint density at radius 2 is 1.84 bits per heavy atom. The zero-order chi connectivity index (χ0) is 14.3. The molecule has 0 aliphatic rings. The fourth-order valence-electron chi connectivity index (χ4n) is 1.69. The molecule has 2 nitrogen and oxygen atoms in total. The number of ether oxygens (including phenoxy) is 1. The Morgan fingerprint density at radius 1 is 1.21 bits per heavy atom. The van der Waals surface area contributed by atoms with Crippen LogP contribution in [-0.4, -0.2) is 29.7 Å². The van der Waals surface area contributed by atoms with Crippen molar-refractivity contribution in [2.45, 2.75) is 26.3 Å². The van der Waals surface area contributed by atoms with Crippen molar-refractivity contribution < 1.29 is 17.9 Å². The van der Waals surface area contributed by atoms with Gasteiger partial charge in [0.2, 0.25) is 0 Å². The Kier molecular flexibility index (Phi) is 6.65. The van der Waals surface area contributed by atoms with E-state index < -0.39 is 6.36 Å². The Bertz CT molecular complexity index is 367. The molecule has 1 aromatic rings. The van der Waals surface area contributed by atoms with E-state index in [1.165, 1.54) is 12.1 Å². The van der Waals surface area contributed by atoms with Gasteiger partial charge in [0.15, 0.2) is 0 Å². The Labute approximate surface area is 119 Å². The van der Waals surface area contributed by atoms with Gasteiger partial charge < -0.3 is 4.74 Å². The average molecular weight is 340 g/mol. The van der Waals surface area contributed by atoms with Gasteiger partial charge in [-0.3, -0.25) is 4.90 Å². The summed E-state index contributed by atoms with van der Waals surface area (Å²) < 4.78 is 39.9. The lowest BCUT2D eigenvalue weighted by Gasteiger charge is -2.20. The topological polar surface area (TPSA) is 12.5 Å². The van der Waals surface area contributed by atoms with Crippen molar-refractivity contribution in [2.24, 2.45) is 0 Å². The van der Waals surface area contributed by atoms with Gasteiger partial charge >= 0.3 is 6.36 Å². The zero-order valence-corrected chi connectivity index (χ0v) is 12.3. The summed E-state index contributed by atoms with van der Waals surface area (Å²) in [5.74, 6) is -0.181. The van der Waals surface area contributed by atoms with Crippen molar-refractivity contribution >= 4 is 15.9 Å². The Hall–Kier alpha value is -0.750. The van der Waals surface area contributed by atoms with Gasteiger partial charge in [-0.2, -0.15) is 0 Å². The maximum Gasteiger partial charge on any atom is 0.573 e. The average Bonchev–Trinajstić information content (AvgIpc) is 2.34. The minimum absolute atomic E-state index is 0.181. The SMILES string of the molecule is CCN(CCCBr)Cc1ccc(OC(F)(F)F)cc1. The summed E-state index contributed by atoms with van der Waals surface area (Å²) in [6, 6.07) is 6.03. The van der Waals surface area contributed by atoms with Crippen LogP contribution in [-0.2, 0) is 6.54 Å². The van der Waals surface area contributed by atoms with Crippen molar-refractivity contribution in [2.75, 3.05) is 18.4 Å². The number of alkyl halides is 4. The molecule has 0 heterocycles. The summed E-state index contributed by atoms with van der Waals surface area (Å²) in [5, 5.41) is 0.946. The second-order valence-electron chi connectivity index (χ2n) is 4.10. The molecule has 0 radical (unpaired) electrons. The van der Waals surface area contributed by atoms with Gasteiger partial charge in [0.05, 0.1) is 0 Å². The molecule has 0 N–H and O–H groups in total. The third-order valence-corrected chi connectivity index (χ3v) is 3.18. The number of hydrogen-bond acceptors (Lipinski definition) is 2. The van der Waals surface area contributed by atoms with Crippen molar-refractivity contribution in [1.82, 2.24) is 4.90 Å². The summed E-state index contributed by atoms with van der Waals surface area (Å²) in [5.41, 5.74) is 0.978. The monoisotopic (exact) mass is 339 g/mol. The van der Waals surface area contributed by atoms with Gasteiger partial charge in [-0.25, -0.2) is 0 Å². The highest BCUT2D eigenvalue weighted by molar-refractivity contribution is 9.09. The Balaban J connectivity index is 2.55. The molecular weight excluding hydrogens is 323 g/mol. The number of nitrogens with zero attached hydrogens (tertiary/aromatic N) is 1. The first-order valence-electron chi connectivity index (χ1n) is 6.07. The van der Waals surface area contributed by atoms with Gasteiger partial charge in [0, 0.05) is 11.9 Å². The highest BCUT2D eigenvalue weighted by Crippen LogP contribution is 2.23. The molecule has 0 unspecified atom stereocenters. The Morgan fingerprint density at radius 3 is 2.32 bits per heavy atom. The molecule has 0 saturated heterocycles. The van der Waals surface area contributed by atoms with E-state index in [4.69, 9.17) is 0 Å². The van der Waals surface area contributed by atoms with Crippen molar-refractivity contribution in [1.29, 1.82) is 0 Å². The summed E-state index contributed by atoms with van der Waals surface area (Å²) in [4.78, 5) is 2.24. The fraction of sp³-hybridized carbons (Fsp3) is 0.538. The van der Waals surface area contributed by atoms with Gasteiger partial charge in [-0.15, -0.1) is 13.2 Å². The molecule has 0 atom stereocenters. The number of benzene rings is 1. The first-order chi connectivity index (χ1) is 8.94. The molecule has 0 spiro atoms. The summed E-state index contributed by atoms with van der Waals surface area (Å²) in [6.07, 6.45) is -3.59. The van der Waals surface area contributed by atoms with Crippen LogP contribution in [0.15, 0.2) is 24.3 Å². The lowest BCUT2D eigenvalue weighted by molar-refractivity contribution is -0.274. The van der Waals surface area contributed by atoms with Crippen LogP contribution in [0.5, 0.6) is 5.75 Å². The van der Waals surface area contributed by atoms with E-state index in [2.05, 4.69) is 32.5 Å². The van der Waals surface area contributed by atoms with E-state index >= 15 is 0 Å². The number of hydrogen-bond donors (Lipinski definition) is 0. The molecule has 0 fully saturated rings. The minimum Gasteiger partial charge on any atom is -0.406 e. The fourth-order valence-corrected chi connectivity index (χ4v) is 1.94. The van der Waals surface area contributed by atoms with Gasteiger partial charge in [-0.1, -0.05) is 35.0 Å². The van der Waals surface area contributed by atoms with E-state index in [1.807, 2.05) is 0 Å². The van der Waals surface area contributed by atoms with E-state index in [9.17, 15) is 13.2 Å². The first-order valence-corrected chi connectivity index (χ1v) is 7.19. The maximum absolute atomic E-state index is 12.0. The van der Waals surface area contributed by atoms with Crippen LogP contribution in [0.1, 0.15) is 18.9 Å². The smallest absolute Gasteiger partial charge is 0.406 e. The standard InChI is InChI=1S/C13H17BrF3NO/c1-2-18(9-3-8-14)10-11-4-6-12(7-5-11)19-13(15,16)17/h4-7H,2-3,8-10H2,1H3. The first kappa shape index (κ1) is 16.3. The predicted octanol–water partition coefficient (Wildman–Crippen LogP) is 4.19. The second-order valence-corrected chi connectivity index (χ2v) is 4.90. The number of halogens is 4. The molecule has 6 heteroatoms. The lowest BCUT2D eigenvalue weighted by atomic mass is 10.2. The zero-order valence-electron chi connectivity index (χ0n) is 10.7. The second kappa shape index (κ2) is 7.75. The van der Waals surface area contributed by atoms with Crippen LogP contribution < -0.4 is 4.74 Å². The molecule has 19 heavy (non-hydrogen) atoms. The highest BCUT2D eigenvalue weighted by atomic mass is 79.9. The van der Waals surface area contributed by atoms with Gasteiger partial charge in [-0.05, 0) is 37.2 Å². The van der Waals surface area contributed by atoms with Crippen LogP contribution in [0.2, 0.25) is 0 Å². The van der Waals surface area contributed by atoms with Crippen LogP contribution in [0.3, 0.4) is 0 Å². The summed E-state index contributed by atoms with van der Waals surface area (Å²) >= 11 is 3.38. The van der Waals surface area contributed by atoms with Crippen LogP contribution >= 0.6 is 15.9 Å². The van der Waals surface area contributed by atoms with Crippen LogP contribution in [0.25, 0.3) is 0 Å². The molecule has 0 saturated carbocycles. The van der Waals surface area contributed by atoms with Crippen LogP contribution in [0, 0.1) is 0 Å². The third kappa shape index (κ3) is 6.82. The van der Waals surface area contributed by atoms with E-state index in [0.717, 1.165) is 36.9 Å². The van der Waals surface area contributed by atoms with Crippen molar-refractivity contribution in [3.8, 4) is 5.75 Å². The lowest BCUT2D eigenvalue weighted by Crippen LogP contribution is -2.24. The molecule has 0 amide bonds. The normalized spacial score (nSPS) is 11.9. The van der Waals surface area contributed by atoms with Gasteiger partial charge in [0.1, 0.15) is 5.75 Å². The van der Waals surface area contributed by atoms with Gasteiger partial charge in [0.25, 0.3) is 0 Å². The molecule has 0 aromatic heterocycles. The number of rotatable bonds is 7. The largest absolute Gasteiger partial charge is 0.573 e. The quantitative estimate of drug-likeness (QED) is 0.690. The molecule has 0 bridgehead atoms. The summed E-state index contributed by atoms with van der Waals surface area (Å²) in [7, 11) is 0. The van der Waals surface area contributed by atoms with E-state index in [-0.39, 0.29) is 5.75 Å². The van der Waals surface area contributed by atoms with E-state index in [0.29, 0.717) is 0 Å².